The number of hydrogen-bond acceptors (Lipinski definition) is 7. The molecule has 1 aromatic carbocycles. The Morgan fingerprint density at radius 2 is 1.88 bits per heavy atom. The molecule has 0 spiro atoms. The van der Waals surface area contributed by atoms with E-state index in [1.54, 1.807) is 6.33 Å². The zero-order valence-corrected chi connectivity index (χ0v) is 19.8. The van der Waals surface area contributed by atoms with Crippen LogP contribution in [-0.2, 0) is 6.54 Å². The molecule has 0 radical (unpaired) electrons. The Kier molecular flexibility index (Phi) is 5.34. The molecular formula is C25H26ClN7O. The third-order valence-electron chi connectivity index (χ3n) is 6.50. The summed E-state index contributed by atoms with van der Waals surface area (Å²) in [5, 5.41) is 3.98. The van der Waals surface area contributed by atoms with E-state index in [1.807, 2.05) is 30.5 Å². The van der Waals surface area contributed by atoms with Crippen molar-refractivity contribution in [1.29, 1.82) is 0 Å². The van der Waals surface area contributed by atoms with Gasteiger partial charge in [0.1, 0.15) is 23.6 Å². The van der Waals surface area contributed by atoms with Crippen LogP contribution in [-0.4, -0.2) is 56.3 Å². The number of piperazine rings is 1. The quantitative estimate of drug-likeness (QED) is 0.452. The number of nitrogens with zero attached hydrogens (tertiary/aromatic N) is 6. The predicted molar refractivity (Wildman–Crippen MR) is 132 cm³/mol. The molecule has 1 saturated heterocycles. The van der Waals surface area contributed by atoms with Crippen LogP contribution in [0.1, 0.15) is 25.3 Å². The fraction of sp³-hybridized carbons (Fsp3) is 0.360. The van der Waals surface area contributed by atoms with Crippen LogP contribution in [0.2, 0.25) is 5.02 Å². The second-order valence-corrected chi connectivity index (χ2v) is 9.58. The van der Waals surface area contributed by atoms with Gasteiger partial charge in [-0.3, -0.25) is 0 Å². The minimum absolute atomic E-state index is 0.172. The van der Waals surface area contributed by atoms with Crippen LogP contribution in [0.25, 0.3) is 22.6 Å². The average molecular weight is 476 g/mol. The van der Waals surface area contributed by atoms with E-state index in [9.17, 15) is 0 Å². The summed E-state index contributed by atoms with van der Waals surface area (Å²) in [6, 6.07) is 12.2. The predicted octanol–water partition coefficient (Wildman–Crippen LogP) is 3.93. The number of hydrogen-bond donors (Lipinski definition) is 1. The summed E-state index contributed by atoms with van der Waals surface area (Å²) in [5.74, 6) is 2.10. The van der Waals surface area contributed by atoms with Gasteiger partial charge in [-0.15, -0.1) is 0 Å². The Bertz CT molecular complexity index is 1330. The topological polar surface area (TPSA) is 81.0 Å². The molecule has 1 aliphatic carbocycles. The van der Waals surface area contributed by atoms with Crippen LogP contribution in [0, 0.1) is 0 Å². The van der Waals surface area contributed by atoms with E-state index in [-0.39, 0.29) is 5.60 Å². The Morgan fingerprint density at radius 3 is 2.62 bits per heavy atom. The van der Waals surface area contributed by atoms with Gasteiger partial charge in [0.25, 0.3) is 0 Å². The summed E-state index contributed by atoms with van der Waals surface area (Å²) in [5.41, 5.74) is 3.09. The first-order valence-electron chi connectivity index (χ1n) is 11.7. The maximum atomic E-state index is 6.84. The van der Waals surface area contributed by atoms with E-state index in [4.69, 9.17) is 26.3 Å². The van der Waals surface area contributed by atoms with Gasteiger partial charge in [-0.2, -0.15) is 4.98 Å². The number of anilines is 1. The lowest BCUT2D eigenvalue weighted by atomic mass is 10.2. The van der Waals surface area contributed by atoms with Crippen molar-refractivity contribution in [2.75, 3.05) is 31.1 Å². The number of fused-ring (bicyclic) bond motifs is 1. The summed E-state index contributed by atoms with van der Waals surface area (Å²) in [7, 11) is 0. The van der Waals surface area contributed by atoms with Crippen LogP contribution >= 0.6 is 11.6 Å². The summed E-state index contributed by atoms with van der Waals surface area (Å²) in [6.07, 6.45) is 5.39. The molecule has 0 unspecified atom stereocenters. The fourth-order valence-electron chi connectivity index (χ4n) is 4.28. The lowest BCUT2D eigenvalue weighted by molar-refractivity contribution is 0.194. The zero-order chi connectivity index (χ0) is 23.1. The number of benzene rings is 1. The summed E-state index contributed by atoms with van der Waals surface area (Å²) >= 11 is 6.84. The number of rotatable bonds is 6. The molecule has 0 atom stereocenters. The molecule has 2 aliphatic rings. The molecule has 4 heterocycles. The van der Waals surface area contributed by atoms with E-state index < -0.39 is 0 Å². The monoisotopic (exact) mass is 475 g/mol. The molecule has 34 heavy (non-hydrogen) atoms. The average Bonchev–Trinajstić information content (AvgIpc) is 3.48. The third-order valence-corrected chi connectivity index (χ3v) is 6.81. The molecule has 1 N–H and O–H groups in total. The van der Waals surface area contributed by atoms with Crippen molar-refractivity contribution in [3.63, 3.8) is 0 Å². The molecule has 1 saturated carbocycles. The van der Waals surface area contributed by atoms with Crippen LogP contribution in [0.15, 0.2) is 48.9 Å². The van der Waals surface area contributed by atoms with Crippen molar-refractivity contribution in [2.45, 2.75) is 31.9 Å². The molecule has 6 rings (SSSR count). The molecule has 4 aromatic rings. The number of ether oxygens (including phenoxy) is 1. The molecular weight excluding hydrogens is 450 g/mol. The number of halogens is 1. The number of aromatic nitrogens is 5. The van der Waals surface area contributed by atoms with E-state index in [0.29, 0.717) is 28.8 Å². The zero-order valence-electron chi connectivity index (χ0n) is 19.0. The highest BCUT2D eigenvalue weighted by Crippen LogP contribution is 2.41. The minimum Gasteiger partial charge on any atom is -0.470 e. The highest BCUT2D eigenvalue weighted by molar-refractivity contribution is 6.33. The van der Waals surface area contributed by atoms with Crippen molar-refractivity contribution in [2.24, 2.45) is 0 Å². The second kappa shape index (κ2) is 8.52. The summed E-state index contributed by atoms with van der Waals surface area (Å²) in [6.45, 7) is 6.38. The molecule has 8 nitrogen and oxygen atoms in total. The normalized spacial score (nSPS) is 17.2. The van der Waals surface area contributed by atoms with Gasteiger partial charge in [0, 0.05) is 38.4 Å². The standard InChI is InChI=1S/C25H26ClN7O/c1-25(7-8-25)34-24-21-23(29-16-30-24)33(15-17-5-3-2-4-6-17)22(31-21)18-14-28-20(13-19(18)26)32-11-9-27-10-12-32/h2-6,13-14,16,27H,7-12,15H2,1H3. The van der Waals surface area contributed by atoms with Crippen molar-refractivity contribution < 1.29 is 4.74 Å². The van der Waals surface area contributed by atoms with Gasteiger partial charge in [0.15, 0.2) is 11.2 Å². The van der Waals surface area contributed by atoms with Crippen LogP contribution in [0.4, 0.5) is 5.82 Å². The largest absolute Gasteiger partial charge is 0.470 e. The van der Waals surface area contributed by atoms with Gasteiger partial charge in [-0.05, 0) is 25.3 Å². The Hall–Kier alpha value is -3.23. The smallest absolute Gasteiger partial charge is 0.245 e. The van der Waals surface area contributed by atoms with Crippen molar-refractivity contribution >= 4 is 28.6 Å². The van der Waals surface area contributed by atoms with E-state index in [0.717, 1.165) is 61.6 Å². The maximum absolute atomic E-state index is 6.84. The van der Waals surface area contributed by atoms with Crippen molar-refractivity contribution in [3.8, 4) is 17.3 Å². The van der Waals surface area contributed by atoms with Crippen molar-refractivity contribution in [1.82, 2.24) is 29.8 Å². The Labute approximate surface area is 203 Å². The first-order valence-corrected chi connectivity index (χ1v) is 12.0. The van der Waals surface area contributed by atoms with Gasteiger partial charge >= 0.3 is 0 Å². The highest BCUT2D eigenvalue weighted by atomic mass is 35.5. The Balaban J connectivity index is 1.46. The maximum Gasteiger partial charge on any atom is 0.245 e. The van der Waals surface area contributed by atoms with E-state index >= 15 is 0 Å². The number of imidazole rings is 1. The molecule has 174 valence electrons. The molecule has 0 amide bonds. The number of pyridine rings is 1. The lowest BCUT2D eigenvalue weighted by Crippen LogP contribution is -2.43. The third kappa shape index (κ3) is 4.08. The first kappa shape index (κ1) is 21.3. The van der Waals surface area contributed by atoms with Gasteiger partial charge in [0.05, 0.1) is 17.1 Å². The SMILES string of the molecule is CC1(Oc2ncnc3c2nc(-c2cnc(N4CCNCC4)cc2Cl)n3Cc2ccccc2)CC1. The van der Waals surface area contributed by atoms with Crippen LogP contribution in [0.5, 0.6) is 5.88 Å². The summed E-state index contributed by atoms with van der Waals surface area (Å²) < 4.78 is 8.29. The highest BCUT2D eigenvalue weighted by Gasteiger charge is 2.41. The van der Waals surface area contributed by atoms with Crippen LogP contribution in [0.3, 0.4) is 0 Å². The molecule has 2 fully saturated rings. The summed E-state index contributed by atoms with van der Waals surface area (Å²) in [4.78, 5) is 20.9. The van der Waals surface area contributed by atoms with E-state index in [1.165, 1.54) is 0 Å². The molecule has 1 aliphatic heterocycles. The minimum atomic E-state index is -0.172. The van der Waals surface area contributed by atoms with E-state index in [2.05, 4.69) is 43.8 Å². The van der Waals surface area contributed by atoms with Gasteiger partial charge in [-0.25, -0.2) is 15.0 Å². The Morgan fingerprint density at radius 1 is 1.09 bits per heavy atom. The van der Waals surface area contributed by atoms with Crippen LogP contribution < -0.4 is 15.0 Å². The first-order chi connectivity index (χ1) is 16.6. The van der Waals surface area contributed by atoms with Crippen molar-refractivity contribution in [3.05, 3.63) is 59.5 Å². The van der Waals surface area contributed by atoms with Gasteiger partial charge in [0.2, 0.25) is 5.88 Å². The second-order valence-electron chi connectivity index (χ2n) is 9.17. The van der Waals surface area contributed by atoms with Gasteiger partial charge < -0.3 is 19.5 Å². The number of nitrogens with one attached hydrogen (secondary N) is 1. The molecule has 9 heteroatoms. The fourth-order valence-corrected chi connectivity index (χ4v) is 4.51. The van der Waals surface area contributed by atoms with Gasteiger partial charge in [-0.1, -0.05) is 41.9 Å². The lowest BCUT2D eigenvalue weighted by Gasteiger charge is -2.28. The molecule has 0 bridgehead atoms. The molecule has 3 aromatic heterocycles.